The van der Waals surface area contributed by atoms with Crippen molar-refractivity contribution in [3.63, 3.8) is 0 Å². The van der Waals surface area contributed by atoms with Gasteiger partial charge in [0.2, 0.25) is 5.88 Å². The lowest BCUT2D eigenvalue weighted by atomic mass is 9.82. The molecular weight excluding hydrogens is 1010 g/mol. The predicted molar refractivity (Wildman–Crippen MR) is 255 cm³/mol. The Morgan fingerprint density at radius 2 is 1.73 bits per heavy atom. The maximum Gasteiger partial charge on any atom is 0.466 e. The first-order valence-corrected chi connectivity index (χ1v) is 25.3. The van der Waals surface area contributed by atoms with Crippen molar-refractivity contribution in [1.82, 2.24) is 54.5 Å². The molecule has 3 aliphatic rings. The lowest BCUT2D eigenvalue weighted by molar-refractivity contribution is -0.0511. The van der Waals surface area contributed by atoms with Gasteiger partial charge in [-0.1, -0.05) is 24.6 Å². The first-order valence-electron chi connectivity index (χ1n) is 22.4. The Labute approximate surface area is 417 Å². The zero-order valence-corrected chi connectivity index (χ0v) is 41.3. The Morgan fingerprint density at radius 1 is 1.01 bits per heavy atom. The predicted octanol–water partition coefficient (Wildman–Crippen LogP) is 2.42. The van der Waals surface area contributed by atoms with E-state index in [0.717, 1.165) is 30.1 Å². The van der Waals surface area contributed by atoms with E-state index >= 15 is 0 Å². The van der Waals surface area contributed by atoms with Crippen LogP contribution in [0.5, 0.6) is 23.1 Å². The number of aliphatic hydroxyl groups is 3. The second-order valence-corrected chi connectivity index (χ2v) is 19.3. The summed E-state index contributed by atoms with van der Waals surface area (Å²) in [5, 5.41) is 47.0. The molecule has 0 aliphatic carbocycles. The third kappa shape index (κ3) is 13.1. The molecule has 0 saturated carbocycles. The third-order valence-corrected chi connectivity index (χ3v) is 13.4. The van der Waals surface area contributed by atoms with Gasteiger partial charge in [0.25, 0.3) is 5.91 Å². The Bertz CT molecular complexity index is 3020. The van der Waals surface area contributed by atoms with E-state index in [-0.39, 0.29) is 45.7 Å². The van der Waals surface area contributed by atoms with Crippen molar-refractivity contribution in [3.05, 3.63) is 78.8 Å². The molecule has 5 aromatic heterocycles. The average molecular weight is 1060 g/mol. The van der Waals surface area contributed by atoms with E-state index in [1.54, 1.807) is 10.7 Å². The Morgan fingerprint density at radius 3 is 2.38 bits per heavy atom. The van der Waals surface area contributed by atoms with Crippen LogP contribution in [0.4, 0.5) is 8.78 Å². The Hall–Kier alpha value is -6.17. The van der Waals surface area contributed by atoms with Gasteiger partial charge in [0, 0.05) is 60.1 Å². The highest BCUT2D eigenvalue weighted by Crippen LogP contribution is 2.35. The van der Waals surface area contributed by atoms with E-state index in [2.05, 4.69) is 57.0 Å². The number of carbonyl (C=O) groups excluding carboxylic acids is 1. The Balaban J connectivity index is 0.000000154. The normalized spacial score (nSPS) is 22.1. The van der Waals surface area contributed by atoms with Crippen LogP contribution in [-0.4, -0.2) is 166 Å². The molecule has 0 spiro atoms. The zero-order valence-electron chi connectivity index (χ0n) is 39.5. The summed E-state index contributed by atoms with van der Waals surface area (Å²) < 4.78 is 69.5. The number of aromatic amines is 1. The number of nitrogens with zero attached hydrogens (tertiary/aromatic N) is 9. The number of piperidine rings is 2. The summed E-state index contributed by atoms with van der Waals surface area (Å²) in [7, 11) is 2.45. The van der Waals surface area contributed by atoms with Crippen LogP contribution < -0.4 is 19.5 Å². The molecule has 3 fully saturated rings. The minimum absolute atomic E-state index is 0.0209. The van der Waals surface area contributed by atoms with Gasteiger partial charge in [-0.2, -0.15) is 23.8 Å². The highest BCUT2D eigenvalue weighted by atomic mass is 32.2. The number of alkyl halides is 2. The largest absolute Gasteiger partial charge is 0.609 e. The van der Waals surface area contributed by atoms with E-state index < -0.39 is 56.8 Å². The van der Waals surface area contributed by atoms with Crippen LogP contribution >= 0.6 is 7.82 Å². The monoisotopic (exact) mass is 1060 g/mol. The second-order valence-electron chi connectivity index (χ2n) is 16.9. The number of imidazole rings is 2. The quantitative estimate of drug-likeness (QED) is 0.0663. The van der Waals surface area contributed by atoms with Crippen molar-refractivity contribution in [2.45, 2.75) is 92.3 Å². The molecule has 8 heterocycles. The molecule has 9 N–H and O–H groups in total. The van der Waals surface area contributed by atoms with Gasteiger partial charge in [-0.3, -0.25) is 24.0 Å². The third-order valence-electron chi connectivity index (χ3n) is 12.3. The summed E-state index contributed by atoms with van der Waals surface area (Å²) in [6.45, 7) is -3.34. The number of fused-ring (bicyclic) bond motifs is 5. The number of hydrogen-bond acceptors (Lipinski definition) is 18. The van der Waals surface area contributed by atoms with Crippen LogP contribution in [0.15, 0.2) is 72.5 Å². The SMILES string of the molecule is CN1[C@@H]2CCC[C@H]1C[C@@H](NC(=O)c1nn(C)c3ccccc13)C2.COc1ccnc(C[S+]([O-])c2nc3cc(OC(F)F)ccc3[nH]2)c1OC.O=P(O)(O)O.OC[C@H]1O[C@@H](n2cnc3c(O)ncnc32)[C@H](O)[C@@H]1O. The lowest BCUT2D eigenvalue weighted by Gasteiger charge is -2.47. The van der Waals surface area contributed by atoms with Crippen molar-refractivity contribution >= 4 is 58.0 Å². The van der Waals surface area contributed by atoms with E-state index in [1.165, 1.54) is 68.8 Å². The molecule has 1 unspecified atom stereocenters. The van der Waals surface area contributed by atoms with Gasteiger partial charge in [-0.05, 0) is 50.9 Å². The molecule has 10 rings (SSSR count). The minimum Gasteiger partial charge on any atom is -0.609 e. The first-order chi connectivity index (χ1) is 34.8. The number of aromatic nitrogens is 9. The standard InChI is InChI=1S/C18H24N4O.C16H15F2N3O4S.C10H12N4O5.H3O4P/c1-21-13-6-5-7-14(21)11-12(10-13)19-18(23)17-15-8-3-4-9-16(15)22(2)20-17;1-23-13-5-6-19-12(14(13)24-2)8-26(22)16-20-10-4-3-9(25-15(17)18)7-11(10)21-16;15-1-4-6(16)7(17)10(19-4)14-3-13-5-8(14)11-2-12-9(5)18;1-5(2,3)4/h3-4,8-9,12-14H,5-7,10-11H2,1-2H3,(H,19,23);3-7,15H,8H2,1-2H3,(H,20,21);2-4,6-7,10,15-17H,1H2,(H,11,12,18);(H3,1,2,3,4)/t12-,13+,14-;;4-,6-,7-,10-;/m..1./s1. The number of aliphatic hydroxyl groups excluding tert-OH is 3. The molecule has 73 heavy (non-hydrogen) atoms. The number of aromatic hydroxyl groups is 1. The topological polar surface area (TPSA) is 354 Å². The Kier molecular flexibility index (Phi) is 17.8. The molecule has 1 amide bonds. The molecule has 3 saturated heterocycles. The second kappa shape index (κ2) is 23.8. The fourth-order valence-corrected chi connectivity index (χ4v) is 9.91. The number of hydrogen-bond donors (Lipinski definition) is 9. The molecule has 2 aromatic carbocycles. The highest BCUT2D eigenvalue weighted by molar-refractivity contribution is 7.90. The van der Waals surface area contributed by atoms with E-state index in [1.807, 2.05) is 31.3 Å². The fraction of sp³-hybridized carbons (Fsp3) is 0.432. The van der Waals surface area contributed by atoms with Crippen molar-refractivity contribution in [1.29, 1.82) is 0 Å². The fourth-order valence-electron chi connectivity index (χ4n) is 8.90. The van der Waals surface area contributed by atoms with Crippen LogP contribution in [-0.2, 0) is 33.3 Å². The number of methoxy groups -OCH3 is 2. The molecule has 8 atom stereocenters. The van der Waals surface area contributed by atoms with Gasteiger partial charge >= 0.3 is 19.6 Å². The van der Waals surface area contributed by atoms with Crippen LogP contribution in [0, 0.1) is 0 Å². The molecule has 394 valence electrons. The molecule has 25 nitrogen and oxygen atoms in total. The average Bonchev–Trinajstić information content (AvgIpc) is 4.13. The van der Waals surface area contributed by atoms with Gasteiger partial charge < -0.3 is 68.8 Å². The number of halogens is 2. The van der Waals surface area contributed by atoms with Gasteiger partial charge in [0.05, 0.1) is 43.7 Å². The maximum absolute atomic E-state index is 12.7. The summed E-state index contributed by atoms with van der Waals surface area (Å²) in [5.74, 6) is 0.581. The number of phosphoric acid groups is 1. The number of benzene rings is 2. The first kappa shape index (κ1) is 54.6. The lowest BCUT2D eigenvalue weighted by Crippen LogP contribution is -2.55. The number of nitrogens with one attached hydrogen (secondary N) is 2. The number of aryl methyl sites for hydroxylation is 1. The van der Waals surface area contributed by atoms with Crippen LogP contribution in [0.3, 0.4) is 0 Å². The van der Waals surface area contributed by atoms with Gasteiger partial charge in [-0.25, -0.2) is 14.5 Å². The number of rotatable bonds is 11. The molecule has 0 radical (unpaired) electrons. The van der Waals surface area contributed by atoms with E-state index in [9.17, 15) is 33.4 Å². The summed E-state index contributed by atoms with van der Waals surface area (Å²) in [6, 6.07) is 15.3. The summed E-state index contributed by atoms with van der Waals surface area (Å²) >= 11 is -1.56. The van der Waals surface area contributed by atoms with Gasteiger partial charge in [0.1, 0.15) is 36.1 Å². The van der Waals surface area contributed by atoms with Crippen LogP contribution in [0.25, 0.3) is 33.1 Å². The molecule has 7 aromatic rings. The van der Waals surface area contributed by atoms with Crippen LogP contribution in [0.2, 0.25) is 0 Å². The highest BCUT2D eigenvalue weighted by Gasteiger charge is 2.44. The van der Waals surface area contributed by atoms with Crippen molar-refractivity contribution in [3.8, 4) is 23.1 Å². The zero-order chi connectivity index (χ0) is 52.7. The molecule has 3 aliphatic heterocycles. The molecule has 2 bridgehead atoms. The number of pyridine rings is 1. The number of para-hydroxylation sites is 1. The minimum atomic E-state index is -4.64. The van der Waals surface area contributed by atoms with Gasteiger partial charge in [0.15, 0.2) is 40.3 Å². The number of ether oxygens (including phenoxy) is 4. The summed E-state index contributed by atoms with van der Waals surface area (Å²) in [6.07, 6.45) is 5.70. The number of amides is 1. The van der Waals surface area contributed by atoms with Gasteiger partial charge in [-0.15, -0.1) is 0 Å². The smallest absolute Gasteiger partial charge is 0.466 e. The van der Waals surface area contributed by atoms with Crippen molar-refractivity contribution in [2.24, 2.45) is 7.05 Å². The summed E-state index contributed by atoms with van der Waals surface area (Å²) in [5.41, 5.74) is 3.36. The van der Waals surface area contributed by atoms with E-state index in [4.69, 9.17) is 38.6 Å². The maximum atomic E-state index is 12.7. The number of H-pyrrole nitrogens is 1. The number of carbonyl (C=O) groups is 1. The van der Waals surface area contributed by atoms with Crippen LogP contribution in [0.1, 0.15) is 54.5 Å². The summed E-state index contributed by atoms with van der Waals surface area (Å²) in [4.78, 5) is 59.6. The van der Waals surface area contributed by atoms with E-state index in [0.29, 0.717) is 46.0 Å². The molecular formula is C44H54F2N11O14PS. The molecule has 29 heteroatoms. The van der Waals surface area contributed by atoms with Crippen molar-refractivity contribution in [2.75, 3.05) is 27.9 Å². The van der Waals surface area contributed by atoms with Crippen molar-refractivity contribution < 1.29 is 76.7 Å².